The SMILES string of the molecule is CCCCCCc1cnc(-c2ccc(C(=O)Oc3ccc(CCCCCC)cc3C#N)cc2)nc1. The summed E-state index contributed by atoms with van der Waals surface area (Å²) in [6, 6.07) is 14.7. The van der Waals surface area contributed by atoms with E-state index in [0.29, 0.717) is 17.0 Å². The third-order valence-corrected chi connectivity index (χ3v) is 6.09. The molecule has 1 aromatic heterocycles. The average molecular weight is 470 g/mol. The molecule has 0 aliphatic heterocycles. The van der Waals surface area contributed by atoms with E-state index >= 15 is 0 Å². The number of ether oxygens (including phenoxy) is 1. The molecular formula is C30H35N3O2. The number of carbonyl (C=O) groups excluding carboxylic acids is 1. The first-order chi connectivity index (χ1) is 17.1. The van der Waals surface area contributed by atoms with Crippen LogP contribution >= 0.6 is 0 Å². The Morgan fingerprint density at radius 3 is 2.06 bits per heavy atom. The van der Waals surface area contributed by atoms with Gasteiger partial charge in [0.2, 0.25) is 0 Å². The highest BCUT2D eigenvalue weighted by atomic mass is 16.5. The monoisotopic (exact) mass is 469 g/mol. The Bertz CT molecular complexity index is 1120. The van der Waals surface area contributed by atoms with Crippen molar-refractivity contribution in [3.63, 3.8) is 0 Å². The quantitative estimate of drug-likeness (QED) is 0.147. The second kappa shape index (κ2) is 14.0. The van der Waals surface area contributed by atoms with Gasteiger partial charge < -0.3 is 4.74 Å². The van der Waals surface area contributed by atoms with Gasteiger partial charge in [-0.1, -0.05) is 70.6 Å². The fraction of sp³-hybridized carbons (Fsp3) is 0.400. The number of hydrogen-bond donors (Lipinski definition) is 0. The molecule has 5 heteroatoms. The van der Waals surface area contributed by atoms with Gasteiger partial charge in [-0.05, 0) is 61.1 Å². The Kier molecular flexibility index (Phi) is 10.4. The molecule has 0 saturated carbocycles. The Morgan fingerprint density at radius 2 is 1.46 bits per heavy atom. The van der Waals surface area contributed by atoms with Crippen LogP contribution in [0.15, 0.2) is 54.9 Å². The Labute approximate surface area is 209 Å². The molecule has 0 fully saturated rings. The van der Waals surface area contributed by atoms with E-state index < -0.39 is 5.97 Å². The lowest BCUT2D eigenvalue weighted by atomic mass is 10.0. The zero-order chi connectivity index (χ0) is 24.9. The lowest BCUT2D eigenvalue weighted by Crippen LogP contribution is -2.09. The zero-order valence-electron chi connectivity index (χ0n) is 20.9. The lowest BCUT2D eigenvalue weighted by molar-refractivity contribution is 0.0734. The Balaban J connectivity index is 1.59. The van der Waals surface area contributed by atoms with Crippen LogP contribution in [0.5, 0.6) is 5.75 Å². The van der Waals surface area contributed by atoms with Crippen molar-refractivity contribution in [2.45, 2.75) is 78.1 Å². The summed E-state index contributed by atoms with van der Waals surface area (Å²) in [4.78, 5) is 21.7. The van der Waals surface area contributed by atoms with Crippen LogP contribution in [0.4, 0.5) is 0 Å². The van der Waals surface area contributed by atoms with Crippen molar-refractivity contribution in [2.75, 3.05) is 0 Å². The maximum Gasteiger partial charge on any atom is 0.343 e. The number of carbonyl (C=O) groups is 1. The van der Waals surface area contributed by atoms with E-state index in [9.17, 15) is 10.1 Å². The minimum atomic E-state index is -0.493. The number of nitriles is 1. The molecule has 0 saturated heterocycles. The predicted molar refractivity (Wildman–Crippen MR) is 139 cm³/mol. The molecule has 0 radical (unpaired) electrons. The molecule has 0 spiro atoms. The van der Waals surface area contributed by atoms with Crippen LogP contribution in [0.1, 0.15) is 92.3 Å². The molecule has 35 heavy (non-hydrogen) atoms. The largest absolute Gasteiger partial charge is 0.422 e. The smallest absolute Gasteiger partial charge is 0.343 e. The van der Waals surface area contributed by atoms with E-state index in [-0.39, 0.29) is 5.75 Å². The third kappa shape index (κ3) is 8.03. The van der Waals surface area contributed by atoms with Gasteiger partial charge in [0.15, 0.2) is 5.82 Å². The van der Waals surface area contributed by atoms with Crippen LogP contribution in [0.25, 0.3) is 11.4 Å². The number of hydrogen-bond acceptors (Lipinski definition) is 5. The standard InChI is InChI=1S/C30H35N3O2/c1-3-5-7-9-11-23-13-18-28(27(19-23)20-31)35-30(34)26-16-14-25(15-17-26)29-32-21-24(22-33-29)12-10-8-6-4-2/h13-19,21-22H,3-12H2,1-2H3. The maximum atomic E-state index is 12.7. The van der Waals surface area contributed by atoms with Crippen molar-refractivity contribution < 1.29 is 9.53 Å². The highest BCUT2D eigenvalue weighted by Crippen LogP contribution is 2.23. The number of nitrogens with zero attached hydrogens (tertiary/aromatic N) is 3. The molecule has 0 aliphatic rings. The molecular weight excluding hydrogens is 434 g/mol. The van der Waals surface area contributed by atoms with Gasteiger partial charge in [0, 0.05) is 18.0 Å². The molecule has 0 N–H and O–H groups in total. The molecule has 3 rings (SSSR count). The zero-order valence-corrected chi connectivity index (χ0v) is 20.9. The molecule has 0 aliphatic carbocycles. The second-order valence-corrected chi connectivity index (χ2v) is 8.95. The summed E-state index contributed by atoms with van der Waals surface area (Å²) in [5.41, 5.74) is 3.86. The summed E-state index contributed by atoms with van der Waals surface area (Å²) in [6.07, 6.45) is 15.2. The Morgan fingerprint density at radius 1 is 0.829 bits per heavy atom. The van der Waals surface area contributed by atoms with Crippen LogP contribution in [-0.2, 0) is 12.8 Å². The summed E-state index contributed by atoms with van der Waals surface area (Å²) < 4.78 is 5.54. The van der Waals surface area contributed by atoms with Gasteiger partial charge in [0.25, 0.3) is 0 Å². The maximum absolute atomic E-state index is 12.7. The number of aromatic nitrogens is 2. The van der Waals surface area contributed by atoms with E-state index in [1.165, 1.54) is 38.5 Å². The number of unbranched alkanes of at least 4 members (excludes halogenated alkanes) is 6. The van der Waals surface area contributed by atoms with Crippen molar-refractivity contribution in [1.82, 2.24) is 9.97 Å². The predicted octanol–water partition coefficient (Wildman–Crippen LogP) is 7.48. The van der Waals surface area contributed by atoms with Gasteiger partial charge in [0.05, 0.1) is 11.1 Å². The van der Waals surface area contributed by atoms with Gasteiger partial charge in [-0.3, -0.25) is 0 Å². The van der Waals surface area contributed by atoms with Crippen molar-refractivity contribution in [3.8, 4) is 23.2 Å². The van der Waals surface area contributed by atoms with Gasteiger partial charge in [-0.25, -0.2) is 14.8 Å². The van der Waals surface area contributed by atoms with Gasteiger partial charge in [-0.2, -0.15) is 5.26 Å². The fourth-order valence-electron chi connectivity index (χ4n) is 3.97. The molecule has 3 aromatic rings. The van der Waals surface area contributed by atoms with Crippen LogP contribution in [-0.4, -0.2) is 15.9 Å². The molecule has 1 heterocycles. The molecule has 182 valence electrons. The van der Waals surface area contributed by atoms with Crippen molar-refractivity contribution in [2.24, 2.45) is 0 Å². The summed E-state index contributed by atoms with van der Waals surface area (Å²) in [7, 11) is 0. The molecule has 0 unspecified atom stereocenters. The van der Waals surface area contributed by atoms with Crippen molar-refractivity contribution in [3.05, 3.63) is 77.1 Å². The normalized spacial score (nSPS) is 10.7. The van der Waals surface area contributed by atoms with E-state index in [1.807, 2.05) is 36.7 Å². The van der Waals surface area contributed by atoms with Crippen LogP contribution < -0.4 is 4.74 Å². The first-order valence-electron chi connectivity index (χ1n) is 12.8. The van der Waals surface area contributed by atoms with E-state index in [4.69, 9.17) is 4.74 Å². The summed E-state index contributed by atoms with van der Waals surface area (Å²) in [6.45, 7) is 4.39. The molecule has 0 atom stereocenters. The van der Waals surface area contributed by atoms with Crippen molar-refractivity contribution >= 4 is 5.97 Å². The minimum absolute atomic E-state index is 0.289. The van der Waals surface area contributed by atoms with Gasteiger partial charge in [0.1, 0.15) is 11.8 Å². The van der Waals surface area contributed by atoms with E-state index in [2.05, 4.69) is 29.9 Å². The van der Waals surface area contributed by atoms with E-state index in [1.54, 1.807) is 18.2 Å². The number of aryl methyl sites for hydroxylation is 2. The van der Waals surface area contributed by atoms with Crippen molar-refractivity contribution in [1.29, 1.82) is 5.26 Å². The van der Waals surface area contributed by atoms with Crippen LogP contribution in [0.2, 0.25) is 0 Å². The number of rotatable bonds is 13. The average Bonchev–Trinajstić information content (AvgIpc) is 2.90. The summed E-state index contributed by atoms with van der Waals surface area (Å²) >= 11 is 0. The molecule has 0 bridgehead atoms. The molecule has 5 nitrogen and oxygen atoms in total. The van der Waals surface area contributed by atoms with Gasteiger partial charge in [-0.15, -0.1) is 0 Å². The lowest BCUT2D eigenvalue weighted by Gasteiger charge is -2.09. The third-order valence-electron chi connectivity index (χ3n) is 6.09. The highest BCUT2D eigenvalue weighted by Gasteiger charge is 2.13. The topological polar surface area (TPSA) is 75.9 Å². The number of esters is 1. The summed E-state index contributed by atoms with van der Waals surface area (Å²) in [5, 5.41) is 9.53. The first-order valence-corrected chi connectivity index (χ1v) is 12.8. The minimum Gasteiger partial charge on any atom is -0.422 e. The highest BCUT2D eigenvalue weighted by molar-refractivity contribution is 5.91. The Hall–Kier alpha value is -3.52. The van der Waals surface area contributed by atoms with E-state index in [0.717, 1.165) is 42.4 Å². The molecule has 0 amide bonds. The second-order valence-electron chi connectivity index (χ2n) is 8.95. The first kappa shape index (κ1) is 26.1. The fourth-order valence-corrected chi connectivity index (χ4v) is 3.97. The molecule has 2 aromatic carbocycles. The number of benzene rings is 2. The van der Waals surface area contributed by atoms with Gasteiger partial charge >= 0.3 is 5.97 Å². The van der Waals surface area contributed by atoms with Crippen LogP contribution in [0.3, 0.4) is 0 Å². The summed E-state index contributed by atoms with van der Waals surface area (Å²) in [5.74, 6) is 0.423. The van der Waals surface area contributed by atoms with Crippen LogP contribution in [0, 0.1) is 11.3 Å².